The van der Waals surface area contributed by atoms with Crippen molar-refractivity contribution in [3.05, 3.63) is 39.4 Å². The standard InChI is InChI=1S/C12H12N2O7S/c15-11(13-7-4-5-22(20,21)6-7)8-2-1-3-9(14(18)19)10(8)12(16)17/h1-3,7H,4-6H2,(H,13,15)(H,16,17). The molecule has 0 spiro atoms. The topological polar surface area (TPSA) is 144 Å². The smallest absolute Gasteiger partial charge is 0.343 e. The van der Waals surface area contributed by atoms with Gasteiger partial charge in [-0.15, -0.1) is 0 Å². The molecule has 0 radical (unpaired) electrons. The van der Waals surface area contributed by atoms with Gasteiger partial charge < -0.3 is 10.4 Å². The Morgan fingerprint density at radius 3 is 2.55 bits per heavy atom. The van der Waals surface area contributed by atoms with E-state index in [1.807, 2.05) is 0 Å². The lowest BCUT2D eigenvalue weighted by Crippen LogP contribution is -2.36. The van der Waals surface area contributed by atoms with E-state index in [9.17, 15) is 28.1 Å². The molecule has 22 heavy (non-hydrogen) atoms. The van der Waals surface area contributed by atoms with Gasteiger partial charge in [0.25, 0.3) is 11.6 Å². The molecule has 2 N–H and O–H groups in total. The second kappa shape index (κ2) is 5.72. The molecule has 118 valence electrons. The number of carbonyl (C=O) groups is 2. The van der Waals surface area contributed by atoms with E-state index in [1.165, 1.54) is 6.07 Å². The number of aromatic carboxylic acids is 1. The van der Waals surface area contributed by atoms with E-state index in [4.69, 9.17) is 5.11 Å². The van der Waals surface area contributed by atoms with E-state index in [-0.39, 0.29) is 23.5 Å². The van der Waals surface area contributed by atoms with Gasteiger partial charge in [-0.1, -0.05) is 6.07 Å². The van der Waals surface area contributed by atoms with Gasteiger partial charge in [0.1, 0.15) is 5.56 Å². The summed E-state index contributed by atoms with van der Waals surface area (Å²) in [5.41, 5.74) is -1.78. The molecule has 1 aliphatic rings. The normalized spacial score (nSPS) is 19.5. The van der Waals surface area contributed by atoms with Gasteiger partial charge in [0.2, 0.25) is 0 Å². The minimum atomic E-state index is -3.21. The molecule has 1 aromatic carbocycles. The van der Waals surface area contributed by atoms with Crippen molar-refractivity contribution in [2.45, 2.75) is 12.5 Å². The molecule has 1 aromatic rings. The van der Waals surface area contributed by atoms with E-state index in [0.717, 1.165) is 12.1 Å². The molecule has 1 unspecified atom stereocenters. The number of hydrogen-bond acceptors (Lipinski definition) is 6. The Morgan fingerprint density at radius 1 is 1.36 bits per heavy atom. The first-order valence-corrected chi connectivity index (χ1v) is 8.05. The third-order valence-corrected chi connectivity index (χ3v) is 5.03. The highest BCUT2D eigenvalue weighted by Gasteiger charge is 2.32. The van der Waals surface area contributed by atoms with Crippen LogP contribution in [0.15, 0.2) is 18.2 Å². The summed E-state index contributed by atoms with van der Waals surface area (Å²) in [4.78, 5) is 33.3. The number of benzene rings is 1. The van der Waals surface area contributed by atoms with E-state index < -0.39 is 43.9 Å². The van der Waals surface area contributed by atoms with Crippen molar-refractivity contribution in [3.63, 3.8) is 0 Å². The molecule has 10 heteroatoms. The number of carboxylic acids is 1. The Hall–Kier alpha value is -2.49. The van der Waals surface area contributed by atoms with Gasteiger partial charge in [0, 0.05) is 12.1 Å². The number of amides is 1. The van der Waals surface area contributed by atoms with Crippen LogP contribution in [0, 0.1) is 10.1 Å². The number of sulfone groups is 1. The summed E-state index contributed by atoms with van der Waals surface area (Å²) < 4.78 is 22.7. The Labute approximate surface area is 125 Å². The van der Waals surface area contributed by atoms with Crippen LogP contribution in [0.1, 0.15) is 27.1 Å². The molecule has 0 saturated carbocycles. The summed E-state index contributed by atoms with van der Waals surface area (Å²) in [6.45, 7) is 0. The van der Waals surface area contributed by atoms with Crippen LogP contribution < -0.4 is 5.32 Å². The van der Waals surface area contributed by atoms with Crippen molar-refractivity contribution in [3.8, 4) is 0 Å². The third kappa shape index (κ3) is 3.22. The van der Waals surface area contributed by atoms with Gasteiger partial charge in [-0.2, -0.15) is 0 Å². The van der Waals surface area contributed by atoms with Crippen LogP contribution >= 0.6 is 0 Å². The van der Waals surface area contributed by atoms with Crippen molar-refractivity contribution >= 4 is 27.4 Å². The Kier molecular flexibility index (Phi) is 4.13. The van der Waals surface area contributed by atoms with E-state index in [1.54, 1.807) is 0 Å². The summed E-state index contributed by atoms with van der Waals surface area (Å²) in [5, 5.41) is 22.4. The molecule has 1 fully saturated rings. The zero-order valence-electron chi connectivity index (χ0n) is 11.2. The lowest BCUT2D eigenvalue weighted by molar-refractivity contribution is -0.385. The highest BCUT2D eigenvalue weighted by Crippen LogP contribution is 2.23. The maximum Gasteiger partial charge on any atom is 0.343 e. The first-order chi connectivity index (χ1) is 10.2. The number of nitrogens with one attached hydrogen (secondary N) is 1. The summed E-state index contributed by atoms with van der Waals surface area (Å²) in [6, 6.07) is 2.71. The lowest BCUT2D eigenvalue weighted by atomic mass is 10.0. The molecular weight excluding hydrogens is 316 g/mol. The monoisotopic (exact) mass is 328 g/mol. The van der Waals surface area contributed by atoms with Crippen molar-refractivity contribution in [2.75, 3.05) is 11.5 Å². The number of nitrogens with zero attached hydrogens (tertiary/aromatic N) is 1. The third-order valence-electron chi connectivity index (χ3n) is 3.27. The molecule has 0 aliphatic carbocycles. The van der Waals surface area contributed by atoms with Crippen molar-refractivity contribution in [2.24, 2.45) is 0 Å². The van der Waals surface area contributed by atoms with Gasteiger partial charge in [0.15, 0.2) is 9.84 Å². The highest BCUT2D eigenvalue weighted by atomic mass is 32.2. The molecule has 9 nitrogen and oxygen atoms in total. The van der Waals surface area contributed by atoms with Crippen molar-refractivity contribution < 1.29 is 28.0 Å². The minimum absolute atomic E-state index is 0.0569. The Bertz CT molecular complexity index is 757. The van der Waals surface area contributed by atoms with Crippen LogP contribution in [0.3, 0.4) is 0 Å². The van der Waals surface area contributed by atoms with Gasteiger partial charge in [-0.25, -0.2) is 13.2 Å². The van der Waals surface area contributed by atoms with E-state index >= 15 is 0 Å². The summed E-state index contributed by atoms with van der Waals surface area (Å²) in [5.74, 6) is -2.73. The van der Waals surface area contributed by atoms with Crippen LogP contribution in [0.25, 0.3) is 0 Å². The molecule has 1 amide bonds. The predicted octanol–water partition coefficient (Wildman–Crippen LogP) is 0.210. The van der Waals surface area contributed by atoms with E-state index in [2.05, 4.69) is 5.32 Å². The molecule has 1 heterocycles. The molecule has 2 rings (SSSR count). The zero-order chi connectivity index (χ0) is 16.5. The van der Waals surface area contributed by atoms with Gasteiger partial charge in [-0.05, 0) is 12.5 Å². The maximum absolute atomic E-state index is 12.1. The second-order valence-corrected chi connectivity index (χ2v) is 7.06. The first-order valence-electron chi connectivity index (χ1n) is 6.23. The number of hydrogen-bond donors (Lipinski definition) is 2. The fourth-order valence-corrected chi connectivity index (χ4v) is 3.95. The van der Waals surface area contributed by atoms with Gasteiger partial charge >= 0.3 is 5.97 Å². The van der Waals surface area contributed by atoms with Crippen LogP contribution in [-0.2, 0) is 9.84 Å². The average molecular weight is 328 g/mol. The quantitative estimate of drug-likeness (QED) is 0.593. The highest BCUT2D eigenvalue weighted by molar-refractivity contribution is 7.91. The Balaban J connectivity index is 2.32. The number of carbonyl (C=O) groups excluding carboxylic acids is 1. The fourth-order valence-electron chi connectivity index (χ4n) is 2.28. The molecule has 1 saturated heterocycles. The zero-order valence-corrected chi connectivity index (χ0v) is 12.0. The number of nitro groups is 1. The van der Waals surface area contributed by atoms with Crippen molar-refractivity contribution in [1.29, 1.82) is 0 Å². The average Bonchev–Trinajstić information content (AvgIpc) is 2.76. The van der Waals surface area contributed by atoms with Crippen LogP contribution in [0.5, 0.6) is 0 Å². The maximum atomic E-state index is 12.1. The summed E-state index contributed by atoms with van der Waals surface area (Å²) in [6.07, 6.45) is 0.228. The summed E-state index contributed by atoms with van der Waals surface area (Å²) in [7, 11) is -3.21. The second-order valence-electron chi connectivity index (χ2n) is 4.84. The molecule has 0 aromatic heterocycles. The number of carboxylic acid groups (broad SMARTS) is 1. The predicted molar refractivity (Wildman–Crippen MR) is 74.6 cm³/mol. The molecular formula is C12H12N2O7S. The van der Waals surface area contributed by atoms with E-state index in [0.29, 0.717) is 0 Å². The molecule has 1 atom stereocenters. The lowest BCUT2D eigenvalue weighted by Gasteiger charge is -2.12. The van der Waals surface area contributed by atoms with Crippen LogP contribution in [0.4, 0.5) is 5.69 Å². The van der Waals surface area contributed by atoms with Gasteiger partial charge in [0.05, 0.1) is 22.0 Å². The summed E-state index contributed by atoms with van der Waals surface area (Å²) >= 11 is 0. The van der Waals surface area contributed by atoms with Crippen LogP contribution in [0.2, 0.25) is 0 Å². The molecule has 1 aliphatic heterocycles. The Morgan fingerprint density at radius 2 is 2.05 bits per heavy atom. The fraction of sp³-hybridized carbons (Fsp3) is 0.333. The first kappa shape index (κ1) is 15.9. The number of nitro benzene ring substituents is 1. The van der Waals surface area contributed by atoms with Crippen LogP contribution in [-0.4, -0.2) is 47.9 Å². The number of rotatable bonds is 4. The largest absolute Gasteiger partial charge is 0.477 e. The van der Waals surface area contributed by atoms with Crippen molar-refractivity contribution in [1.82, 2.24) is 5.32 Å². The SMILES string of the molecule is O=C(NC1CCS(=O)(=O)C1)c1cccc([N+](=O)[O-])c1C(=O)O. The van der Waals surface area contributed by atoms with Gasteiger partial charge in [-0.3, -0.25) is 14.9 Å². The minimum Gasteiger partial charge on any atom is -0.477 e. The molecule has 0 bridgehead atoms.